The molecule has 0 aromatic carbocycles. The highest BCUT2D eigenvalue weighted by Gasteiger charge is 2.13. The van der Waals surface area contributed by atoms with E-state index in [1.165, 1.54) is 18.4 Å². The third kappa shape index (κ3) is 4.10. The molecule has 0 fully saturated rings. The second kappa shape index (κ2) is 6.79. The number of H-pyrrole nitrogens is 1. The predicted molar refractivity (Wildman–Crippen MR) is 81.0 cm³/mol. The summed E-state index contributed by atoms with van der Waals surface area (Å²) in [7, 11) is -0.0968. The van der Waals surface area contributed by atoms with Crippen molar-refractivity contribution in [3.8, 4) is 11.3 Å². The summed E-state index contributed by atoms with van der Waals surface area (Å²) in [5, 5.41) is 10.1. The van der Waals surface area contributed by atoms with Crippen LogP contribution in [0, 0.1) is 0 Å². The molecule has 0 aliphatic rings. The maximum atomic E-state index is 11.6. The van der Waals surface area contributed by atoms with E-state index >= 15 is 0 Å². The van der Waals surface area contributed by atoms with E-state index in [0.29, 0.717) is 13.1 Å². The van der Waals surface area contributed by atoms with Gasteiger partial charge in [-0.05, 0) is 12.1 Å². The maximum Gasteiger partial charge on any atom is 0.214 e. The number of hydrogen-bond acceptors (Lipinski definition) is 5. The summed E-state index contributed by atoms with van der Waals surface area (Å²) in [4.78, 5) is 4.08. The van der Waals surface area contributed by atoms with Gasteiger partial charge in [0.15, 0.2) is 0 Å². The van der Waals surface area contributed by atoms with E-state index in [2.05, 4.69) is 20.5 Å². The van der Waals surface area contributed by atoms with Crippen LogP contribution in [-0.2, 0) is 16.6 Å². The fourth-order valence-electron chi connectivity index (χ4n) is 1.81. The molecule has 0 radical (unpaired) electrons. The van der Waals surface area contributed by atoms with Crippen LogP contribution in [0.15, 0.2) is 30.7 Å². The molecule has 2 heterocycles. The highest BCUT2D eigenvalue weighted by molar-refractivity contribution is 7.89. The number of sulfonamides is 1. The number of nitrogens with zero attached hydrogens (tertiary/aromatic N) is 3. The van der Waals surface area contributed by atoms with E-state index in [9.17, 15) is 8.42 Å². The Morgan fingerprint density at radius 1 is 1.33 bits per heavy atom. The van der Waals surface area contributed by atoms with Gasteiger partial charge in [0, 0.05) is 50.7 Å². The zero-order valence-corrected chi connectivity index (χ0v) is 12.9. The first-order chi connectivity index (χ1) is 10.0. The van der Waals surface area contributed by atoms with E-state index in [-0.39, 0.29) is 5.75 Å². The van der Waals surface area contributed by atoms with Crippen molar-refractivity contribution in [1.82, 2.24) is 24.8 Å². The number of rotatable bonds is 7. The van der Waals surface area contributed by atoms with Gasteiger partial charge in [0.25, 0.3) is 0 Å². The fourth-order valence-corrected chi connectivity index (χ4v) is 2.58. The molecule has 21 heavy (non-hydrogen) atoms. The van der Waals surface area contributed by atoms with Crippen LogP contribution >= 0.6 is 0 Å². The van der Waals surface area contributed by atoms with Crippen LogP contribution in [0.4, 0.5) is 0 Å². The zero-order valence-electron chi connectivity index (χ0n) is 12.1. The smallest absolute Gasteiger partial charge is 0.214 e. The minimum absolute atomic E-state index is 0.0695. The Morgan fingerprint density at radius 2 is 2.14 bits per heavy atom. The second-order valence-electron chi connectivity index (χ2n) is 4.79. The first-order valence-electron chi connectivity index (χ1n) is 6.54. The predicted octanol–water partition coefficient (Wildman–Crippen LogP) is 0.453. The summed E-state index contributed by atoms with van der Waals surface area (Å²) in [6.45, 7) is 0.932. The van der Waals surface area contributed by atoms with Gasteiger partial charge < -0.3 is 5.32 Å². The molecule has 0 bridgehead atoms. The van der Waals surface area contributed by atoms with Gasteiger partial charge in [-0.1, -0.05) is 0 Å². The summed E-state index contributed by atoms with van der Waals surface area (Å²) in [6.07, 6.45) is 5.20. The van der Waals surface area contributed by atoms with Crippen molar-refractivity contribution in [2.24, 2.45) is 0 Å². The Balaban J connectivity index is 1.93. The lowest BCUT2D eigenvalue weighted by atomic mass is 10.1. The van der Waals surface area contributed by atoms with Gasteiger partial charge in [0.05, 0.1) is 17.6 Å². The summed E-state index contributed by atoms with van der Waals surface area (Å²) >= 11 is 0. The van der Waals surface area contributed by atoms with Crippen LogP contribution in [0.2, 0.25) is 0 Å². The SMILES string of the molecule is CN(C)S(=O)(=O)CCNCc1cn[nH]c1-c1cccnc1. The average molecular weight is 309 g/mol. The van der Waals surface area contributed by atoms with E-state index < -0.39 is 10.0 Å². The number of aromatic amines is 1. The number of hydrogen-bond donors (Lipinski definition) is 2. The minimum atomic E-state index is -3.16. The maximum absolute atomic E-state index is 11.6. The van der Waals surface area contributed by atoms with Gasteiger partial charge in [-0.3, -0.25) is 10.1 Å². The number of nitrogens with one attached hydrogen (secondary N) is 2. The van der Waals surface area contributed by atoms with Crippen molar-refractivity contribution in [3.63, 3.8) is 0 Å². The summed E-state index contributed by atoms with van der Waals surface area (Å²) in [5.74, 6) is 0.0695. The molecular formula is C13H19N5O2S. The normalized spacial score (nSPS) is 12.0. The summed E-state index contributed by atoms with van der Waals surface area (Å²) in [6, 6.07) is 3.80. The Bertz CT molecular complexity index is 667. The van der Waals surface area contributed by atoms with Crippen molar-refractivity contribution in [1.29, 1.82) is 0 Å². The van der Waals surface area contributed by atoms with Gasteiger partial charge in [-0.25, -0.2) is 12.7 Å². The summed E-state index contributed by atoms with van der Waals surface area (Å²) < 4.78 is 24.5. The molecular weight excluding hydrogens is 290 g/mol. The minimum Gasteiger partial charge on any atom is -0.311 e. The molecule has 0 unspecified atom stereocenters. The van der Waals surface area contributed by atoms with Crippen molar-refractivity contribution < 1.29 is 8.42 Å². The molecule has 0 aliphatic carbocycles. The molecule has 2 N–H and O–H groups in total. The molecule has 2 rings (SSSR count). The lowest BCUT2D eigenvalue weighted by Gasteiger charge is -2.11. The third-order valence-corrected chi connectivity index (χ3v) is 4.91. The summed E-state index contributed by atoms with van der Waals surface area (Å²) in [5.41, 5.74) is 2.82. The highest BCUT2D eigenvalue weighted by atomic mass is 32.2. The molecule has 0 saturated carbocycles. The quantitative estimate of drug-likeness (QED) is 0.725. The molecule has 0 spiro atoms. The van der Waals surface area contributed by atoms with Gasteiger partial charge in [0.2, 0.25) is 10.0 Å². The van der Waals surface area contributed by atoms with Crippen LogP contribution < -0.4 is 5.32 Å². The van der Waals surface area contributed by atoms with Crippen LogP contribution in [0.1, 0.15) is 5.56 Å². The third-order valence-electron chi connectivity index (χ3n) is 3.08. The number of aromatic nitrogens is 3. The van der Waals surface area contributed by atoms with Crippen molar-refractivity contribution in [2.75, 3.05) is 26.4 Å². The largest absolute Gasteiger partial charge is 0.311 e. The first-order valence-corrected chi connectivity index (χ1v) is 8.15. The lowest BCUT2D eigenvalue weighted by Crippen LogP contribution is -2.31. The highest BCUT2D eigenvalue weighted by Crippen LogP contribution is 2.19. The topological polar surface area (TPSA) is 91.0 Å². The standard InChI is InChI=1S/C13H19N5O2S/c1-18(2)21(19,20)7-6-15-9-12-10-16-17-13(12)11-4-3-5-14-8-11/h3-5,8,10,15H,6-7,9H2,1-2H3,(H,16,17). The molecule has 0 amide bonds. The van der Waals surface area contributed by atoms with Crippen LogP contribution in [0.5, 0.6) is 0 Å². The first kappa shape index (κ1) is 15.6. The molecule has 0 atom stereocenters. The second-order valence-corrected chi connectivity index (χ2v) is 7.09. The van der Waals surface area contributed by atoms with Gasteiger partial charge in [-0.2, -0.15) is 5.10 Å². The Hall–Kier alpha value is -1.77. The average Bonchev–Trinajstić information content (AvgIpc) is 2.93. The van der Waals surface area contributed by atoms with Gasteiger partial charge in [0.1, 0.15) is 0 Å². The van der Waals surface area contributed by atoms with Crippen LogP contribution in [0.25, 0.3) is 11.3 Å². The molecule has 8 heteroatoms. The van der Waals surface area contributed by atoms with E-state index in [0.717, 1.165) is 16.8 Å². The lowest BCUT2D eigenvalue weighted by molar-refractivity contribution is 0.517. The van der Waals surface area contributed by atoms with Crippen molar-refractivity contribution in [3.05, 3.63) is 36.3 Å². The Kier molecular flexibility index (Phi) is 5.05. The van der Waals surface area contributed by atoms with Crippen LogP contribution in [-0.4, -0.2) is 54.3 Å². The molecule has 0 saturated heterocycles. The van der Waals surface area contributed by atoms with E-state index in [1.54, 1.807) is 18.6 Å². The molecule has 0 aliphatic heterocycles. The van der Waals surface area contributed by atoms with Crippen molar-refractivity contribution >= 4 is 10.0 Å². The van der Waals surface area contributed by atoms with Crippen molar-refractivity contribution in [2.45, 2.75) is 6.54 Å². The van der Waals surface area contributed by atoms with E-state index in [4.69, 9.17) is 0 Å². The zero-order chi connectivity index (χ0) is 15.3. The monoisotopic (exact) mass is 309 g/mol. The molecule has 7 nitrogen and oxygen atoms in total. The fraction of sp³-hybridized carbons (Fsp3) is 0.385. The van der Waals surface area contributed by atoms with Gasteiger partial charge in [-0.15, -0.1) is 0 Å². The van der Waals surface area contributed by atoms with E-state index in [1.807, 2.05) is 12.1 Å². The van der Waals surface area contributed by atoms with Crippen LogP contribution in [0.3, 0.4) is 0 Å². The molecule has 2 aromatic rings. The molecule has 2 aromatic heterocycles. The Morgan fingerprint density at radius 3 is 2.81 bits per heavy atom. The Labute approximate surface area is 124 Å². The van der Waals surface area contributed by atoms with Gasteiger partial charge >= 0.3 is 0 Å². The molecule has 114 valence electrons. The number of pyridine rings is 1.